The van der Waals surface area contributed by atoms with E-state index in [1.54, 1.807) is 24.0 Å². The van der Waals surface area contributed by atoms with Crippen molar-refractivity contribution >= 4 is 23.4 Å². The molecular formula is C9H12N2O2S. The normalized spacial score (nSPS) is 9.79. The number of nitrogens with zero attached hydrogens (tertiary/aromatic N) is 1. The summed E-state index contributed by atoms with van der Waals surface area (Å²) in [4.78, 5) is 14.5. The molecule has 0 spiro atoms. The van der Waals surface area contributed by atoms with E-state index in [1.165, 1.54) is 6.20 Å². The van der Waals surface area contributed by atoms with Crippen molar-refractivity contribution in [2.24, 2.45) is 0 Å². The fourth-order valence-corrected chi connectivity index (χ4v) is 1.31. The highest BCUT2D eigenvalue weighted by Crippen LogP contribution is 2.12. The molecule has 1 heterocycles. The van der Waals surface area contributed by atoms with Crippen molar-refractivity contribution in [3.05, 3.63) is 24.0 Å². The number of hydrogen-bond donors (Lipinski definition) is 2. The number of nitrogens with one attached hydrogen (secondary N) is 1. The van der Waals surface area contributed by atoms with Crippen molar-refractivity contribution in [2.45, 2.75) is 0 Å². The Morgan fingerprint density at radius 1 is 1.71 bits per heavy atom. The van der Waals surface area contributed by atoms with Crippen molar-refractivity contribution in [1.29, 1.82) is 0 Å². The first-order chi connectivity index (χ1) is 6.75. The van der Waals surface area contributed by atoms with Crippen LogP contribution in [0.25, 0.3) is 0 Å². The third-order valence-corrected chi connectivity index (χ3v) is 2.29. The van der Waals surface area contributed by atoms with E-state index in [0.717, 1.165) is 12.3 Å². The maximum atomic E-state index is 10.8. The van der Waals surface area contributed by atoms with Gasteiger partial charge in [0.15, 0.2) is 0 Å². The molecule has 0 fully saturated rings. The molecule has 0 atom stereocenters. The van der Waals surface area contributed by atoms with E-state index in [2.05, 4.69) is 10.3 Å². The number of pyridine rings is 1. The van der Waals surface area contributed by atoms with Crippen molar-refractivity contribution in [2.75, 3.05) is 23.9 Å². The fourth-order valence-electron chi connectivity index (χ4n) is 1.01. The Morgan fingerprint density at radius 2 is 2.50 bits per heavy atom. The lowest BCUT2D eigenvalue weighted by atomic mass is 10.2. The van der Waals surface area contributed by atoms with Gasteiger partial charge in [-0.3, -0.25) is 4.98 Å². The summed E-state index contributed by atoms with van der Waals surface area (Å²) in [6.45, 7) is 0.755. The first-order valence-corrected chi connectivity index (χ1v) is 5.55. The standard InChI is InChI=1S/C9H12N2O2S/c1-14-5-4-11-8-2-3-10-6-7(8)9(12)13/h2-3,6H,4-5H2,1H3,(H,10,11)(H,12,13). The molecule has 0 saturated heterocycles. The van der Waals surface area contributed by atoms with Crippen molar-refractivity contribution in [3.8, 4) is 0 Å². The molecule has 0 aliphatic rings. The molecule has 0 saturated carbocycles. The van der Waals surface area contributed by atoms with Gasteiger partial charge in [-0.15, -0.1) is 0 Å². The highest BCUT2D eigenvalue weighted by Gasteiger charge is 2.08. The molecule has 1 aromatic rings. The van der Waals surface area contributed by atoms with E-state index in [4.69, 9.17) is 5.11 Å². The lowest BCUT2D eigenvalue weighted by Gasteiger charge is -2.07. The maximum absolute atomic E-state index is 10.8. The predicted molar refractivity (Wildman–Crippen MR) is 58.1 cm³/mol. The summed E-state index contributed by atoms with van der Waals surface area (Å²) in [5, 5.41) is 11.9. The van der Waals surface area contributed by atoms with Crippen LogP contribution < -0.4 is 5.32 Å². The number of rotatable bonds is 5. The largest absolute Gasteiger partial charge is 0.478 e. The average molecular weight is 212 g/mol. The Labute approximate surface area is 86.7 Å². The molecule has 4 nitrogen and oxygen atoms in total. The number of carboxylic acids is 1. The highest BCUT2D eigenvalue weighted by molar-refractivity contribution is 7.98. The molecule has 14 heavy (non-hydrogen) atoms. The van der Waals surface area contributed by atoms with Crippen LogP contribution >= 0.6 is 11.8 Å². The van der Waals surface area contributed by atoms with Gasteiger partial charge in [-0.1, -0.05) is 0 Å². The first kappa shape index (κ1) is 10.8. The summed E-state index contributed by atoms with van der Waals surface area (Å²) in [6.07, 6.45) is 4.93. The Hall–Kier alpha value is -1.23. The van der Waals surface area contributed by atoms with Gasteiger partial charge in [0.05, 0.1) is 5.69 Å². The van der Waals surface area contributed by atoms with Gasteiger partial charge in [0.1, 0.15) is 5.56 Å². The number of thioether (sulfide) groups is 1. The molecule has 0 aliphatic heterocycles. The van der Waals surface area contributed by atoms with Gasteiger partial charge in [-0.2, -0.15) is 11.8 Å². The van der Waals surface area contributed by atoms with Crippen LogP contribution in [0.5, 0.6) is 0 Å². The van der Waals surface area contributed by atoms with Gasteiger partial charge >= 0.3 is 5.97 Å². The number of aromatic nitrogens is 1. The van der Waals surface area contributed by atoms with Gasteiger partial charge in [0.25, 0.3) is 0 Å². The molecule has 0 aliphatic carbocycles. The lowest BCUT2D eigenvalue weighted by molar-refractivity contribution is 0.0697. The third-order valence-electron chi connectivity index (χ3n) is 1.67. The summed E-state index contributed by atoms with van der Waals surface area (Å²) in [5.41, 5.74) is 0.843. The zero-order chi connectivity index (χ0) is 10.4. The van der Waals surface area contributed by atoms with Crippen LogP contribution in [0.4, 0.5) is 5.69 Å². The van der Waals surface area contributed by atoms with Crippen LogP contribution in [0.15, 0.2) is 18.5 Å². The van der Waals surface area contributed by atoms with Gasteiger partial charge < -0.3 is 10.4 Å². The molecule has 2 N–H and O–H groups in total. The predicted octanol–water partition coefficient (Wildman–Crippen LogP) is 1.55. The third kappa shape index (κ3) is 2.92. The minimum Gasteiger partial charge on any atom is -0.478 e. The second kappa shape index (κ2) is 5.49. The van der Waals surface area contributed by atoms with E-state index in [9.17, 15) is 4.79 Å². The Bertz CT molecular complexity index is 317. The number of anilines is 1. The maximum Gasteiger partial charge on any atom is 0.339 e. The van der Waals surface area contributed by atoms with E-state index in [0.29, 0.717) is 5.69 Å². The van der Waals surface area contributed by atoms with Crippen LogP contribution in [0.3, 0.4) is 0 Å². The monoisotopic (exact) mass is 212 g/mol. The zero-order valence-electron chi connectivity index (χ0n) is 7.86. The van der Waals surface area contributed by atoms with E-state index in [-0.39, 0.29) is 5.56 Å². The minimum atomic E-state index is -0.954. The summed E-state index contributed by atoms with van der Waals surface area (Å²) < 4.78 is 0. The van der Waals surface area contributed by atoms with E-state index in [1.807, 2.05) is 6.26 Å². The minimum absolute atomic E-state index is 0.216. The molecule has 0 bridgehead atoms. The number of carboxylic acid groups (broad SMARTS) is 1. The second-order valence-corrected chi connectivity index (χ2v) is 3.63. The lowest BCUT2D eigenvalue weighted by Crippen LogP contribution is -2.09. The number of aromatic carboxylic acids is 1. The van der Waals surface area contributed by atoms with Gasteiger partial charge in [0.2, 0.25) is 0 Å². The molecule has 0 radical (unpaired) electrons. The quantitative estimate of drug-likeness (QED) is 0.725. The molecule has 0 aromatic carbocycles. The van der Waals surface area contributed by atoms with Crippen LogP contribution in [0.1, 0.15) is 10.4 Å². The van der Waals surface area contributed by atoms with Crippen molar-refractivity contribution in [1.82, 2.24) is 4.98 Å². The molecule has 0 amide bonds. The zero-order valence-corrected chi connectivity index (χ0v) is 8.67. The van der Waals surface area contributed by atoms with Crippen LogP contribution in [0.2, 0.25) is 0 Å². The second-order valence-electron chi connectivity index (χ2n) is 2.65. The smallest absolute Gasteiger partial charge is 0.339 e. The van der Waals surface area contributed by atoms with Gasteiger partial charge in [-0.25, -0.2) is 4.79 Å². The van der Waals surface area contributed by atoms with Crippen LogP contribution in [-0.4, -0.2) is 34.6 Å². The fraction of sp³-hybridized carbons (Fsp3) is 0.333. The molecule has 1 aromatic heterocycles. The highest BCUT2D eigenvalue weighted by atomic mass is 32.2. The average Bonchev–Trinajstić information content (AvgIpc) is 2.19. The van der Waals surface area contributed by atoms with Gasteiger partial charge in [0, 0.05) is 24.7 Å². The summed E-state index contributed by atoms with van der Waals surface area (Å²) in [6, 6.07) is 1.67. The van der Waals surface area contributed by atoms with Gasteiger partial charge in [-0.05, 0) is 12.3 Å². The summed E-state index contributed by atoms with van der Waals surface area (Å²) >= 11 is 1.71. The van der Waals surface area contributed by atoms with E-state index >= 15 is 0 Å². The van der Waals surface area contributed by atoms with E-state index < -0.39 is 5.97 Å². The van der Waals surface area contributed by atoms with Crippen molar-refractivity contribution < 1.29 is 9.90 Å². The Kier molecular flexibility index (Phi) is 4.25. The molecule has 0 unspecified atom stereocenters. The van der Waals surface area contributed by atoms with Crippen molar-refractivity contribution in [3.63, 3.8) is 0 Å². The number of hydrogen-bond acceptors (Lipinski definition) is 4. The topological polar surface area (TPSA) is 62.2 Å². The number of carbonyl (C=O) groups is 1. The van der Waals surface area contributed by atoms with Crippen LogP contribution in [-0.2, 0) is 0 Å². The molecule has 1 rings (SSSR count). The first-order valence-electron chi connectivity index (χ1n) is 4.16. The molecule has 76 valence electrons. The molecule has 5 heteroatoms. The summed E-state index contributed by atoms with van der Waals surface area (Å²) in [5.74, 6) is -0.00812. The Morgan fingerprint density at radius 3 is 3.14 bits per heavy atom. The SMILES string of the molecule is CSCCNc1ccncc1C(=O)O. The molecular weight excluding hydrogens is 200 g/mol. The summed E-state index contributed by atoms with van der Waals surface area (Å²) in [7, 11) is 0. The van der Waals surface area contributed by atoms with Crippen LogP contribution in [0, 0.1) is 0 Å². The Balaban J connectivity index is 2.69.